The lowest BCUT2D eigenvalue weighted by atomic mass is 9.89. The number of nitrogens with one attached hydrogen (secondary N) is 1. The number of ketones is 1. The highest BCUT2D eigenvalue weighted by atomic mass is 32.1. The molecule has 0 saturated heterocycles. The Morgan fingerprint density at radius 1 is 1.23 bits per heavy atom. The van der Waals surface area contributed by atoms with Crippen molar-refractivity contribution in [3.63, 3.8) is 0 Å². The molecule has 0 atom stereocenters. The average Bonchev–Trinajstić information content (AvgIpc) is 3.14. The Bertz CT molecular complexity index is 809. The molecule has 0 aliphatic heterocycles. The van der Waals surface area contributed by atoms with Crippen LogP contribution in [0, 0.1) is 5.41 Å². The molecule has 1 N–H and O–H groups in total. The van der Waals surface area contributed by atoms with Crippen molar-refractivity contribution in [3.05, 3.63) is 22.7 Å². The first-order chi connectivity index (χ1) is 12.3. The zero-order valence-electron chi connectivity index (χ0n) is 16.4. The Morgan fingerprint density at radius 3 is 2.54 bits per heavy atom. The number of carbonyl (C=O) groups excluding carboxylic acids is 2. The fraction of sp³-hybridized carbons (Fsp3) is 0.619. The minimum atomic E-state index is -0.568. The minimum absolute atomic E-state index is 0.0509. The zero-order chi connectivity index (χ0) is 18.9. The summed E-state index contributed by atoms with van der Waals surface area (Å²) in [4.78, 5) is 26.4. The number of Topliss-reactive ketones (excluding diaryl/α,β-unsaturated/α-hetero) is 1. The number of aromatic nitrogens is 1. The van der Waals surface area contributed by atoms with E-state index >= 15 is 0 Å². The first-order valence-corrected chi connectivity index (χ1v) is 10.6. The second kappa shape index (κ2) is 7.55. The molecule has 142 valence electrons. The van der Waals surface area contributed by atoms with Crippen LogP contribution < -0.4 is 5.32 Å². The normalized spacial score (nSPS) is 16.2. The van der Waals surface area contributed by atoms with Gasteiger partial charge in [0, 0.05) is 24.4 Å². The standard InChI is InChI=1S/C21H30N2O2S/c1-5-16-11-18-19(26-16)12-17(14(2)24)23(18)13-21(3,4)20(25)22-15-9-7-6-8-10-15/h11-12,15H,5-10,13H2,1-4H3,(H,22,25). The van der Waals surface area contributed by atoms with E-state index in [4.69, 9.17) is 0 Å². The van der Waals surface area contributed by atoms with Crippen molar-refractivity contribution in [3.8, 4) is 0 Å². The van der Waals surface area contributed by atoms with E-state index in [2.05, 4.69) is 18.3 Å². The van der Waals surface area contributed by atoms with Gasteiger partial charge in [-0.1, -0.05) is 26.2 Å². The molecule has 1 amide bonds. The van der Waals surface area contributed by atoms with Crippen molar-refractivity contribution in [2.75, 3.05) is 0 Å². The van der Waals surface area contributed by atoms with Crippen molar-refractivity contribution >= 4 is 33.2 Å². The number of thiophene rings is 1. The summed E-state index contributed by atoms with van der Waals surface area (Å²) in [5.74, 6) is 0.140. The third-order valence-electron chi connectivity index (χ3n) is 5.46. The average molecular weight is 375 g/mol. The SMILES string of the molecule is CCc1cc2c(cc(C(C)=O)n2CC(C)(C)C(=O)NC2CCCCC2)s1. The van der Waals surface area contributed by atoms with Gasteiger partial charge in [-0.25, -0.2) is 0 Å². The molecule has 26 heavy (non-hydrogen) atoms. The van der Waals surface area contributed by atoms with Crippen LogP contribution in [0.2, 0.25) is 0 Å². The van der Waals surface area contributed by atoms with Crippen LogP contribution in [-0.2, 0) is 17.8 Å². The topological polar surface area (TPSA) is 51.1 Å². The highest BCUT2D eigenvalue weighted by molar-refractivity contribution is 7.19. The molecule has 3 rings (SSSR count). The molecule has 2 heterocycles. The molecule has 4 nitrogen and oxygen atoms in total. The van der Waals surface area contributed by atoms with E-state index in [-0.39, 0.29) is 11.7 Å². The summed E-state index contributed by atoms with van der Waals surface area (Å²) >= 11 is 1.74. The lowest BCUT2D eigenvalue weighted by Crippen LogP contribution is -2.45. The largest absolute Gasteiger partial charge is 0.353 e. The molecular weight excluding hydrogens is 344 g/mol. The number of aryl methyl sites for hydroxylation is 1. The molecule has 0 bridgehead atoms. The lowest BCUT2D eigenvalue weighted by Gasteiger charge is -2.30. The van der Waals surface area contributed by atoms with Gasteiger partial charge in [0.05, 0.1) is 21.3 Å². The van der Waals surface area contributed by atoms with Gasteiger partial charge in [0.25, 0.3) is 0 Å². The Labute approximate surface area is 160 Å². The maximum atomic E-state index is 12.9. The third kappa shape index (κ3) is 3.88. The second-order valence-electron chi connectivity index (χ2n) is 8.18. The smallest absolute Gasteiger partial charge is 0.227 e. The van der Waals surface area contributed by atoms with Gasteiger partial charge in [-0.3, -0.25) is 9.59 Å². The summed E-state index contributed by atoms with van der Waals surface area (Å²) < 4.78 is 3.18. The molecule has 2 aromatic rings. The monoisotopic (exact) mass is 374 g/mol. The van der Waals surface area contributed by atoms with Gasteiger partial charge in [0.15, 0.2) is 5.78 Å². The van der Waals surface area contributed by atoms with Crippen LogP contribution in [0.3, 0.4) is 0 Å². The third-order valence-corrected chi connectivity index (χ3v) is 6.67. The van der Waals surface area contributed by atoms with Crippen molar-refractivity contribution in [1.29, 1.82) is 0 Å². The predicted molar refractivity (Wildman–Crippen MR) is 108 cm³/mol. The van der Waals surface area contributed by atoms with E-state index in [1.54, 1.807) is 18.3 Å². The van der Waals surface area contributed by atoms with E-state index in [9.17, 15) is 9.59 Å². The second-order valence-corrected chi connectivity index (χ2v) is 9.35. The Hall–Kier alpha value is -1.62. The van der Waals surface area contributed by atoms with Crippen LogP contribution >= 0.6 is 11.3 Å². The number of hydrogen-bond donors (Lipinski definition) is 1. The van der Waals surface area contributed by atoms with Crippen molar-refractivity contribution in [2.24, 2.45) is 5.41 Å². The van der Waals surface area contributed by atoms with Gasteiger partial charge in [0.1, 0.15) is 0 Å². The number of amides is 1. The summed E-state index contributed by atoms with van der Waals surface area (Å²) in [7, 11) is 0. The first kappa shape index (κ1) is 19.2. The van der Waals surface area contributed by atoms with Crippen LogP contribution in [0.4, 0.5) is 0 Å². The van der Waals surface area contributed by atoms with Gasteiger partial charge in [0.2, 0.25) is 5.91 Å². The van der Waals surface area contributed by atoms with Gasteiger partial charge >= 0.3 is 0 Å². The summed E-state index contributed by atoms with van der Waals surface area (Å²) in [5, 5.41) is 3.25. The highest BCUT2D eigenvalue weighted by Crippen LogP contribution is 2.32. The Balaban J connectivity index is 1.85. The van der Waals surface area contributed by atoms with Gasteiger partial charge in [-0.2, -0.15) is 0 Å². The van der Waals surface area contributed by atoms with Crippen LogP contribution in [-0.4, -0.2) is 22.3 Å². The number of carbonyl (C=O) groups is 2. The van der Waals surface area contributed by atoms with Gasteiger partial charge < -0.3 is 9.88 Å². The van der Waals surface area contributed by atoms with Gasteiger partial charge in [-0.15, -0.1) is 11.3 Å². The number of nitrogens with zero attached hydrogens (tertiary/aromatic N) is 1. The molecule has 1 aliphatic carbocycles. The van der Waals surface area contributed by atoms with E-state index in [0.717, 1.165) is 29.5 Å². The van der Waals surface area contributed by atoms with Crippen LogP contribution in [0.1, 0.15) is 75.2 Å². The molecule has 0 aromatic carbocycles. The van der Waals surface area contributed by atoms with Crippen molar-refractivity contribution < 1.29 is 9.59 Å². The van der Waals surface area contributed by atoms with E-state index in [1.165, 1.54) is 24.1 Å². The van der Waals surface area contributed by atoms with Crippen LogP contribution in [0.25, 0.3) is 10.2 Å². The molecule has 2 aromatic heterocycles. The summed E-state index contributed by atoms with van der Waals surface area (Å²) in [5.41, 5.74) is 1.21. The molecule has 1 fully saturated rings. The molecule has 1 saturated carbocycles. The first-order valence-electron chi connectivity index (χ1n) is 9.75. The Morgan fingerprint density at radius 2 is 1.92 bits per heavy atom. The van der Waals surface area contributed by atoms with Crippen LogP contribution in [0.5, 0.6) is 0 Å². The zero-order valence-corrected chi connectivity index (χ0v) is 17.2. The minimum Gasteiger partial charge on any atom is -0.353 e. The summed E-state index contributed by atoms with van der Waals surface area (Å²) in [6.45, 7) is 8.22. The number of fused-ring (bicyclic) bond motifs is 1. The molecule has 0 radical (unpaired) electrons. The molecule has 1 aliphatic rings. The maximum absolute atomic E-state index is 12.9. The lowest BCUT2D eigenvalue weighted by molar-refractivity contribution is -0.131. The highest BCUT2D eigenvalue weighted by Gasteiger charge is 2.32. The molecular formula is C21H30N2O2S. The van der Waals surface area contributed by atoms with E-state index < -0.39 is 5.41 Å². The van der Waals surface area contributed by atoms with E-state index in [0.29, 0.717) is 18.3 Å². The Kier molecular flexibility index (Phi) is 5.56. The summed E-state index contributed by atoms with van der Waals surface area (Å²) in [6, 6.07) is 4.46. The maximum Gasteiger partial charge on any atom is 0.227 e. The fourth-order valence-corrected chi connectivity index (χ4v) is 4.87. The van der Waals surface area contributed by atoms with Gasteiger partial charge in [-0.05, 0) is 45.2 Å². The van der Waals surface area contributed by atoms with Crippen molar-refractivity contribution in [2.45, 2.75) is 78.8 Å². The molecule has 0 spiro atoms. The predicted octanol–water partition coefficient (Wildman–Crippen LogP) is 4.94. The molecule has 5 heteroatoms. The number of rotatable bonds is 6. The molecule has 0 unspecified atom stereocenters. The quantitative estimate of drug-likeness (QED) is 0.728. The van der Waals surface area contributed by atoms with Crippen molar-refractivity contribution in [1.82, 2.24) is 9.88 Å². The summed E-state index contributed by atoms with van der Waals surface area (Å²) in [6.07, 6.45) is 6.83. The van der Waals surface area contributed by atoms with Crippen LogP contribution in [0.15, 0.2) is 12.1 Å². The van der Waals surface area contributed by atoms with E-state index in [1.807, 2.05) is 24.5 Å². The number of hydrogen-bond acceptors (Lipinski definition) is 3. The fourth-order valence-electron chi connectivity index (χ4n) is 3.82.